The summed E-state index contributed by atoms with van der Waals surface area (Å²) in [5.41, 5.74) is -0.439. The third-order valence-electron chi connectivity index (χ3n) is 3.13. The molecule has 1 heterocycles. The molecule has 0 radical (unpaired) electrons. The minimum atomic E-state index is -0.439. The summed E-state index contributed by atoms with van der Waals surface area (Å²) in [5, 5.41) is 9.80. The van der Waals surface area contributed by atoms with E-state index in [9.17, 15) is 5.11 Å². The van der Waals surface area contributed by atoms with Gasteiger partial charge in [-0.3, -0.25) is 0 Å². The monoisotopic (exact) mass is 231 g/mol. The molecule has 1 fully saturated rings. The van der Waals surface area contributed by atoms with Crippen molar-refractivity contribution in [2.24, 2.45) is 0 Å². The van der Waals surface area contributed by atoms with Gasteiger partial charge in [0.25, 0.3) is 0 Å². The second-order valence-electron chi connectivity index (χ2n) is 4.80. The maximum atomic E-state index is 9.80. The fourth-order valence-electron chi connectivity index (χ4n) is 1.89. The van der Waals surface area contributed by atoms with E-state index in [1.54, 1.807) is 7.11 Å². The van der Waals surface area contributed by atoms with Gasteiger partial charge in [-0.15, -0.1) is 0 Å². The van der Waals surface area contributed by atoms with Gasteiger partial charge in [-0.25, -0.2) is 0 Å². The van der Waals surface area contributed by atoms with Gasteiger partial charge >= 0.3 is 0 Å². The molecule has 4 heteroatoms. The molecule has 0 aromatic carbocycles. The second-order valence-corrected chi connectivity index (χ2v) is 4.80. The molecule has 1 saturated heterocycles. The highest BCUT2D eigenvalue weighted by Gasteiger charge is 2.26. The van der Waals surface area contributed by atoms with Crippen molar-refractivity contribution in [1.29, 1.82) is 0 Å². The van der Waals surface area contributed by atoms with Crippen LogP contribution in [0.2, 0.25) is 0 Å². The Morgan fingerprint density at radius 3 is 2.50 bits per heavy atom. The van der Waals surface area contributed by atoms with E-state index in [0.717, 1.165) is 45.5 Å². The fraction of sp³-hybridized carbons (Fsp3) is 1.00. The maximum absolute atomic E-state index is 9.80. The van der Waals surface area contributed by atoms with Crippen molar-refractivity contribution in [3.63, 3.8) is 0 Å². The standard InChI is InChI=1S/C12H25NO3/c1-12(14)4-7-13(8-5-12)6-3-9-16-11-10-15-2/h14H,3-11H2,1-2H3. The van der Waals surface area contributed by atoms with E-state index in [4.69, 9.17) is 9.47 Å². The highest BCUT2D eigenvalue weighted by molar-refractivity contribution is 4.81. The third-order valence-corrected chi connectivity index (χ3v) is 3.13. The van der Waals surface area contributed by atoms with Crippen LogP contribution in [0.3, 0.4) is 0 Å². The molecular weight excluding hydrogens is 206 g/mol. The zero-order valence-electron chi connectivity index (χ0n) is 10.6. The Bertz CT molecular complexity index is 175. The molecule has 1 aliphatic heterocycles. The van der Waals surface area contributed by atoms with Gasteiger partial charge in [-0.1, -0.05) is 0 Å². The number of rotatable bonds is 7. The van der Waals surface area contributed by atoms with Crippen LogP contribution in [-0.4, -0.2) is 62.2 Å². The highest BCUT2D eigenvalue weighted by Crippen LogP contribution is 2.20. The Hall–Kier alpha value is -0.160. The first kappa shape index (κ1) is 13.9. The van der Waals surface area contributed by atoms with Crippen molar-refractivity contribution < 1.29 is 14.6 Å². The minimum Gasteiger partial charge on any atom is -0.390 e. The first-order valence-electron chi connectivity index (χ1n) is 6.15. The van der Waals surface area contributed by atoms with Crippen molar-refractivity contribution in [1.82, 2.24) is 4.90 Å². The molecule has 0 atom stereocenters. The number of ether oxygens (including phenoxy) is 2. The van der Waals surface area contributed by atoms with E-state index >= 15 is 0 Å². The smallest absolute Gasteiger partial charge is 0.0700 e. The Morgan fingerprint density at radius 2 is 1.88 bits per heavy atom. The Balaban J connectivity index is 1.94. The van der Waals surface area contributed by atoms with Crippen LogP contribution in [0.25, 0.3) is 0 Å². The quantitative estimate of drug-likeness (QED) is 0.661. The van der Waals surface area contributed by atoms with Crippen LogP contribution in [0.1, 0.15) is 26.2 Å². The lowest BCUT2D eigenvalue weighted by Gasteiger charge is -2.35. The second kappa shape index (κ2) is 7.22. The lowest BCUT2D eigenvalue weighted by molar-refractivity contribution is -0.00790. The third kappa shape index (κ3) is 5.80. The molecular formula is C12H25NO3. The maximum Gasteiger partial charge on any atom is 0.0700 e. The van der Waals surface area contributed by atoms with E-state index in [0.29, 0.717) is 13.2 Å². The fourth-order valence-corrected chi connectivity index (χ4v) is 1.89. The zero-order valence-corrected chi connectivity index (χ0v) is 10.6. The summed E-state index contributed by atoms with van der Waals surface area (Å²) >= 11 is 0. The molecule has 0 unspecified atom stereocenters. The largest absolute Gasteiger partial charge is 0.390 e. The number of methoxy groups -OCH3 is 1. The molecule has 0 bridgehead atoms. The van der Waals surface area contributed by atoms with Gasteiger partial charge in [0.05, 0.1) is 18.8 Å². The van der Waals surface area contributed by atoms with E-state index in [1.807, 2.05) is 6.92 Å². The van der Waals surface area contributed by atoms with Gasteiger partial charge in [0.1, 0.15) is 0 Å². The zero-order chi connectivity index (χ0) is 11.9. The summed E-state index contributed by atoms with van der Waals surface area (Å²) in [6.45, 7) is 7.17. The van der Waals surface area contributed by atoms with Crippen molar-refractivity contribution in [2.45, 2.75) is 31.8 Å². The average molecular weight is 231 g/mol. The number of likely N-dealkylation sites (tertiary alicyclic amines) is 1. The molecule has 16 heavy (non-hydrogen) atoms. The molecule has 0 amide bonds. The van der Waals surface area contributed by atoms with Crippen LogP contribution in [0.5, 0.6) is 0 Å². The van der Waals surface area contributed by atoms with E-state index in [1.165, 1.54) is 0 Å². The topological polar surface area (TPSA) is 41.9 Å². The predicted molar refractivity (Wildman–Crippen MR) is 63.6 cm³/mol. The molecule has 0 spiro atoms. The summed E-state index contributed by atoms with van der Waals surface area (Å²) in [6.07, 6.45) is 2.83. The number of hydrogen-bond donors (Lipinski definition) is 1. The molecule has 0 saturated carbocycles. The molecule has 0 aromatic heterocycles. The Morgan fingerprint density at radius 1 is 1.19 bits per heavy atom. The van der Waals surface area contributed by atoms with Crippen LogP contribution < -0.4 is 0 Å². The van der Waals surface area contributed by atoms with Crippen molar-refractivity contribution in [2.75, 3.05) is 46.6 Å². The van der Waals surface area contributed by atoms with E-state index < -0.39 is 5.60 Å². The summed E-state index contributed by atoms with van der Waals surface area (Å²) in [4.78, 5) is 2.40. The number of nitrogens with zero attached hydrogens (tertiary/aromatic N) is 1. The first-order valence-corrected chi connectivity index (χ1v) is 6.15. The van der Waals surface area contributed by atoms with Crippen molar-refractivity contribution >= 4 is 0 Å². The predicted octanol–water partition coefficient (Wildman–Crippen LogP) is 0.886. The van der Waals surface area contributed by atoms with E-state index in [2.05, 4.69) is 4.90 Å². The SMILES string of the molecule is COCCOCCCN1CCC(C)(O)CC1. The van der Waals surface area contributed by atoms with Gasteiger partial charge in [-0.05, 0) is 26.2 Å². The Kier molecular flexibility index (Phi) is 6.28. The van der Waals surface area contributed by atoms with E-state index in [-0.39, 0.29) is 0 Å². The molecule has 0 aliphatic carbocycles. The normalized spacial score (nSPS) is 21.2. The number of piperidine rings is 1. The van der Waals surface area contributed by atoms with Crippen molar-refractivity contribution in [3.8, 4) is 0 Å². The summed E-state index contributed by atoms with van der Waals surface area (Å²) in [5.74, 6) is 0. The molecule has 4 nitrogen and oxygen atoms in total. The molecule has 96 valence electrons. The van der Waals surface area contributed by atoms with Gasteiger partial charge in [0.15, 0.2) is 0 Å². The Labute approximate surface area is 98.5 Å². The number of aliphatic hydroxyl groups is 1. The molecule has 0 aromatic rings. The van der Waals surface area contributed by atoms with Gasteiger partial charge in [-0.2, -0.15) is 0 Å². The van der Waals surface area contributed by atoms with Crippen LogP contribution in [0.4, 0.5) is 0 Å². The number of hydrogen-bond acceptors (Lipinski definition) is 4. The average Bonchev–Trinajstić information content (AvgIpc) is 2.25. The summed E-state index contributed by atoms with van der Waals surface area (Å²) in [7, 11) is 1.68. The highest BCUT2D eigenvalue weighted by atomic mass is 16.5. The minimum absolute atomic E-state index is 0.439. The molecule has 1 aliphatic rings. The lowest BCUT2D eigenvalue weighted by atomic mass is 9.94. The van der Waals surface area contributed by atoms with Gasteiger partial charge in [0, 0.05) is 33.4 Å². The van der Waals surface area contributed by atoms with Crippen molar-refractivity contribution in [3.05, 3.63) is 0 Å². The van der Waals surface area contributed by atoms with Gasteiger partial charge < -0.3 is 19.5 Å². The summed E-state index contributed by atoms with van der Waals surface area (Å²) < 4.78 is 10.3. The van der Waals surface area contributed by atoms with Crippen LogP contribution in [0, 0.1) is 0 Å². The first-order chi connectivity index (χ1) is 7.64. The van der Waals surface area contributed by atoms with Crippen LogP contribution in [-0.2, 0) is 9.47 Å². The van der Waals surface area contributed by atoms with Gasteiger partial charge in [0.2, 0.25) is 0 Å². The van der Waals surface area contributed by atoms with Crippen LogP contribution in [0.15, 0.2) is 0 Å². The molecule has 1 rings (SSSR count). The summed E-state index contributed by atoms with van der Waals surface area (Å²) in [6, 6.07) is 0. The van der Waals surface area contributed by atoms with Crippen LogP contribution >= 0.6 is 0 Å². The lowest BCUT2D eigenvalue weighted by Crippen LogP contribution is -2.42. The molecule has 1 N–H and O–H groups in total.